The van der Waals surface area contributed by atoms with E-state index in [9.17, 15) is 14.4 Å². The monoisotopic (exact) mass is 317 g/mol. The highest BCUT2D eigenvalue weighted by atomic mass is 16.7. The summed E-state index contributed by atoms with van der Waals surface area (Å²) in [5, 5.41) is 11.5. The number of carbonyl (C=O) groups is 3. The average molecular weight is 317 g/mol. The number of carboxylic acid groups (broad SMARTS) is 1. The molecular formula is C15H27NO6. The van der Waals surface area contributed by atoms with Gasteiger partial charge in [0.05, 0.1) is 0 Å². The van der Waals surface area contributed by atoms with E-state index < -0.39 is 24.3 Å². The van der Waals surface area contributed by atoms with Crippen LogP contribution in [0, 0.1) is 11.8 Å². The molecule has 0 fully saturated rings. The standard InChI is InChI=1S/C15H27NO6/c1-5-6-10(2)7-13(8-14(18)19)9-16-15(20)22-12(4)21-11(3)17/h10,12-13H,5-9H2,1-4H3,(H,16,20)(H,18,19)/t10-,12-,13+/m1/s1. The molecule has 0 aliphatic carbocycles. The minimum absolute atomic E-state index is 0.00612. The van der Waals surface area contributed by atoms with Gasteiger partial charge < -0.3 is 19.9 Å². The number of carbonyl (C=O) groups excluding carboxylic acids is 2. The summed E-state index contributed by atoms with van der Waals surface area (Å²) in [7, 11) is 0. The van der Waals surface area contributed by atoms with Crippen molar-refractivity contribution in [2.24, 2.45) is 11.8 Å². The molecule has 0 radical (unpaired) electrons. The fourth-order valence-corrected chi connectivity index (χ4v) is 2.34. The Morgan fingerprint density at radius 3 is 2.32 bits per heavy atom. The molecule has 0 unspecified atom stereocenters. The van der Waals surface area contributed by atoms with Gasteiger partial charge in [0, 0.05) is 26.8 Å². The molecule has 7 nitrogen and oxygen atoms in total. The summed E-state index contributed by atoms with van der Waals surface area (Å²) < 4.78 is 9.50. The lowest BCUT2D eigenvalue weighted by Crippen LogP contribution is -2.34. The third kappa shape index (κ3) is 10.9. The zero-order valence-corrected chi connectivity index (χ0v) is 13.8. The number of ether oxygens (including phenoxy) is 2. The molecule has 0 aromatic rings. The number of rotatable bonds is 10. The van der Waals surface area contributed by atoms with Crippen LogP contribution >= 0.6 is 0 Å². The van der Waals surface area contributed by atoms with Crippen LogP contribution in [0.3, 0.4) is 0 Å². The van der Waals surface area contributed by atoms with Gasteiger partial charge in [-0.15, -0.1) is 0 Å². The maximum Gasteiger partial charge on any atom is 0.410 e. The van der Waals surface area contributed by atoms with Crippen molar-refractivity contribution < 1.29 is 29.0 Å². The van der Waals surface area contributed by atoms with E-state index >= 15 is 0 Å². The Morgan fingerprint density at radius 1 is 1.18 bits per heavy atom. The lowest BCUT2D eigenvalue weighted by Gasteiger charge is -2.20. The number of esters is 1. The van der Waals surface area contributed by atoms with Gasteiger partial charge in [-0.05, 0) is 18.3 Å². The fourth-order valence-electron chi connectivity index (χ4n) is 2.34. The van der Waals surface area contributed by atoms with Crippen LogP contribution in [0.2, 0.25) is 0 Å². The maximum atomic E-state index is 11.6. The lowest BCUT2D eigenvalue weighted by molar-refractivity contribution is -0.162. The van der Waals surface area contributed by atoms with Gasteiger partial charge in [0.1, 0.15) is 0 Å². The summed E-state index contributed by atoms with van der Waals surface area (Å²) in [6, 6.07) is 0. The first-order valence-corrected chi connectivity index (χ1v) is 7.58. The van der Waals surface area contributed by atoms with Crippen molar-refractivity contribution >= 4 is 18.0 Å². The highest BCUT2D eigenvalue weighted by Crippen LogP contribution is 2.19. The molecule has 1 amide bonds. The molecule has 0 aliphatic rings. The molecule has 0 heterocycles. The van der Waals surface area contributed by atoms with Crippen LogP contribution < -0.4 is 5.32 Å². The van der Waals surface area contributed by atoms with Crippen molar-refractivity contribution in [2.75, 3.05) is 6.54 Å². The Balaban J connectivity index is 4.27. The second kappa shape index (κ2) is 10.9. The molecule has 22 heavy (non-hydrogen) atoms. The minimum Gasteiger partial charge on any atom is -0.481 e. The molecule has 2 N–H and O–H groups in total. The van der Waals surface area contributed by atoms with E-state index in [0.29, 0.717) is 5.92 Å². The van der Waals surface area contributed by atoms with Crippen LogP contribution in [0.4, 0.5) is 4.79 Å². The molecule has 7 heteroatoms. The molecule has 0 saturated heterocycles. The zero-order chi connectivity index (χ0) is 17.1. The molecule has 0 aromatic carbocycles. The van der Waals surface area contributed by atoms with Gasteiger partial charge >= 0.3 is 18.0 Å². The second-order valence-corrected chi connectivity index (χ2v) is 5.56. The Bertz CT molecular complexity index is 371. The summed E-state index contributed by atoms with van der Waals surface area (Å²) in [6.45, 7) is 7.01. The molecule has 0 rings (SSSR count). The average Bonchev–Trinajstić information content (AvgIpc) is 2.34. The summed E-state index contributed by atoms with van der Waals surface area (Å²) in [6.07, 6.45) is 1.07. The van der Waals surface area contributed by atoms with E-state index in [-0.39, 0.29) is 18.9 Å². The van der Waals surface area contributed by atoms with E-state index in [1.807, 2.05) is 0 Å². The van der Waals surface area contributed by atoms with Gasteiger partial charge in [-0.3, -0.25) is 9.59 Å². The number of aliphatic carboxylic acids is 1. The van der Waals surface area contributed by atoms with Crippen LogP contribution in [-0.2, 0) is 19.1 Å². The van der Waals surface area contributed by atoms with E-state index in [4.69, 9.17) is 9.84 Å². The first-order chi connectivity index (χ1) is 10.2. The number of hydrogen-bond acceptors (Lipinski definition) is 5. The topological polar surface area (TPSA) is 102 Å². The molecule has 0 aliphatic heterocycles. The third-order valence-electron chi connectivity index (χ3n) is 3.12. The third-order valence-corrected chi connectivity index (χ3v) is 3.12. The fraction of sp³-hybridized carbons (Fsp3) is 0.800. The Labute approximate surface area is 131 Å². The molecule has 0 bridgehead atoms. The Kier molecular flexibility index (Phi) is 9.98. The van der Waals surface area contributed by atoms with Crippen LogP contribution in [0.15, 0.2) is 0 Å². The number of amides is 1. The molecule has 3 atom stereocenters. The van der Waals surface area contributed by atoms with Crippen molar-refractivity contribution in [1.82, 2.24) is 5.32 Å². The van der Waals surface area contributed by atoms with Gasteiger partial charge in [-0.1, -0.05) is 26.7 Å². The van der Waals surface area contributed by atoms with Crippen molar-refractivity contribution in [3.8, 4) is 0 Å². The van der Waals surface area contributed by atoms with Gasteiger partial charge in [0.2, 0.25) is 6.29 Å². The van der Waals surface area contributed by atoms with Gasteiger partial charge in [-0.25, -0.2) is 4.79 Å². The lowest BCUT2D eigenvalue weighted by atomic mass is 9.90. The minimum atomic E-state index is -0.977. The van der Waals surface area contributed by atoms with Crippen LogP contribution in [0.1, 0.15) is 53.4 Å². The van der Waals surface area contributed by atoms with E-state index in [2.05, 4.69) is 23.9 Å². The van der Waals surface area contributed by atoms with Crippen molar-refractivity contribution in [2.45, 2.75) is 59.7 Å². The highest BCUT2D eigenvalue weighted by Gasteiger charge is 2.19. The Morgan fingerprint density at radius 2 is 1.82 bits per heavy atom. The van der Waals surface area contributed by atoms with Crippen molar-refractivity contribution in [3.05, 3.63) is 0 Å². The van der Waals surface area contributed by atoms with Gasteiger partial charge in [0.25, 0.3) is 0 Å². The molecule has 0 saturated carbocycles. The first-order valence-electron chi connectivity index (χ1n) is 7.58. The van der Waals surface area contributed by atoms with Gasteiger partial charge in [0.15, 0.2) is 0 Å². The second-order valence-electron chi connectivity index (χ2n) is 5.56. The summed E-state index contributed by atoms with van der Waals surface area (Å²) in [4.78, 5) is 33.2. The van der Waals surface area contributed by atoms with Crippen LogP contribution in [-0.4, -0.2) is 36.0 Å². The number of hydrogen-bond donors (Lipinski definition) is 2. The summed E-state index contributed by atoms with van der Waals surface area (Å²) >= 11 is 0. The van der Waals surface area contributed by atoms with E-state index in [1.54, 1.807) is 0 Å². The number of carboxylic acids is 1. The molecule has 0 spiro atoms. The Hall–Kier alpha value is -1.79. The maximum absolute atomic E-state index is 11.6. The zero-order valence-electron chi connectivity index (χ0n) is 13.8. The largest absolute Gasteiger partial charge is 0.481 e. The predicted molar refractivity (Wildman–Crippen MR) is 80.1 cm³/mol. The quantitative estimate of drug-likeness (QED) is 0.474. The van der Waals surface area contributed by atoms with Crippen molar-refractivity contribution in [3.63, 3.8) is 0 Å². The normalized spacial score (nSPS) is 14.5. The van der Waals surface area contributed by atoms with Crippen molar-refractivity contribution in [1.29, 1.82) is 0 Å². The molecular weight excluding hydrogens is 290 g/mol. The highest BCUT2D eigenvalue weighted by molar-refractivity contribution is 5.69. The summed E-state index contributed by atoms with van der Waals surface area (Å²) in [5.74, 6) is -1.20. The summed E-state index contributed by atoms with van der Waals surface area (Å²) in [5.41, 5.74) is 0. The van der Waals surface area contributed by atoms with E-state index in [1.165, 1.54) is 13.8 Å². The molecule has 128 valence electrons. The SMILES string of the molecule is CCC[C@@H](C)C[C@H](CNC(=O)O[C@H](C)OC(C)=O)CC(=O)O. The van der Waals surface area contributed by atoms with Crippen LogP contribution in [0.25, 0.3) is 0 Å². The van der Waals surface area contributed by atoms with Gasteiger partial charge in [-0.2, -0.15) is 0 Å². The number of alkyl carbamates (subject to hydrolysis) is 1. The van der Waals surface area contributed by atoms with Crippen LogP contribution in [0.5, 0.6) is 0 Å². The molecule has 0 aromatic heterocycles. The number of nitrogens with one attached hydrogen (secondary N) is 1. The predicted octanol–water partition coefficient (Wildman–Crippen LogP) is 2.54. The van der Waals surface area contributed by atoms with E-state index in [0.717, 1.165) is 19.3 Å². The first kappa shape index (κ1) is 20.2. The smallest absolute Gasteiger partial charge is 0.410 e.